The van der Waals surface area contributed by atoms with Crippen LogP contribution in [0.5, 0.6) is 0 Å². The van der Waals surface area contributed by atoms with Crippen LogP contribution in [-0.4, -0.2) is 35.1 Å². The number of β-amino-alcohol motifs (C(OH)–C–C–N with tert-alkyl or cyclic N) is 1. The Bertz CT molecular complexity index is 321. The van der Waals surface area contributed by atoms with Crippen LogP contribution < -0.4 is 0 Å². The molecule has 0 bridgehead atoms. The van der Waals surface area contributed by atoms with E-state index < -0.39 is 0 Å². The minimum atomic E-state index is -0.336. The molecule has 1 saturated heterocycles. The van der Waals surface area contributed by atoms with Crippen molar-refractivity contribution in [1.29, 1.82) is 0 Å². The zero-order chi connectivity index (χ0) is 10.7. The number of hydrogen-bond donors (Lipinski definition) is 1. The Morgan fingerprint density at radius 2 is 2.53 bits per heavy atom. The van der Waals surface area contributed by atoms with Crippen molar-refractivity contribution in [3.63, 3.8) is 0 Å². The van der Waals surface area contributed by atoms with Gasteiger partial charge in [-0.1, -0.05) is 0 Å². The predicted octanol–water partition coefficient (Wildman–Crippen LogP) is 0.805. The predicted molar refractivity (Wildman–Crippen MR) is 54.2 cm³/mol. The van der Waals surface area contributed by atoms with E-state index in [0.717, 1.165) is 5.76 Å². The summed E-state index contributed by atoms with van der Waals surface area (Å²) in [6.07, 6.45) is 3.07. The summed E-state index contributed by atoms with van der Waals surface area (Å²) in [5.41, 5.74) is 0. The van der Waals surface area contributed by atoms with Crippen LogP contribution in [0.1, 0.15) is 18.6 Å². The highest BCUT2D eigenvalue weighted by Gasteiger charge is 2.23. The summed E-state index contributed by atoms with van der Waals surface area (Å²) in [5.74, 6) is 0.936. The molecule has 0 saturated carbocycles. The molecule has 0 unspecified atom stereocenters. The maximum atomic E-state index is 11.7. The van der Waals surface area contributed by atoms with Gasteiger partial charge in [0.2, 0.25) is 5.91 Å². The number of likely N-dealkylation sites (tertiary alicyclic amines) is 1. The van der Waals surface area contributed by atoms with Crippen LogP contribution in [0.3, 0.4) is 0 Å². The maximum Gasteiger partial charge on any atom is 0.223 e. The lowest BCUT2D eigenvalue weighted by atomic mass is 10.2. The molecule has 4 nitrogen and oxygen atoms in total. The first kappa shape index (κ1) is 10.2. The number of furan rings is 1. The number of amides is 1. The molecule has 1 aromatic heterocycles. The van der Waals surface area contributed by atoms with Gasteiger partial charge < -0.3 is 14.4 Å². The third-order valence-electron chi connectivity index (χ3n) is 2.68. The second-order valence-electron chi connectivity index (χ2n) is 3.86. The lowest BCUT2D eigenvalue weighted by Gasteiger charge is -2.14. The molecule has 1 aliphatic heterocycles. The molecule has 1 amide bonds. The van der Waals surface area contributed by atoms with Crippen LogP contribution in [0.15, 0.2) is 22.8 Å². The number of carbonyl (C=O) groups is 1. The van der Waals surface area contributed by atoms with Gasteiger partial charge in [-0.05, 0) is 18.6 Å². The van der Waals surface area contributed by atoms with Gasteiger partial charge in [0, 0.05) is 25.9 Å². The molecule has 1 N–H and O–H groups in total. The summed E-state index contributed by atoms with van der Waals surface area (Å²) in [6, 6.07) is 3.69. The summed E-state index contributed by atoms with van der Waals surface area (Å²) < 4.78 is 5.15. The van der Waals surface area contributed by atoms with Crippen LogP contribution in [-0.2, 0) is 11.2 Å². The fourth-order valence-electron chi connectivity index (χ4n) is 1.81. The topological polar surface area (TPSA) is 53.7 Å². The lowest BCUT2D eigenvalue weighted by molar-refractivity contribution is -0.130. The van der Waals surface area contributed by atoms with E-state index in [4.69, 9.17) is 4.42 Å². The second-order valence-corrected chi connectivity index (χ2v) is 3.86. The number of nitrogens with zero attached hydrogens (tertiary/aromatic N) is 1. The van der Waals surface area contributed by atoms with Crippen molar-refractivity contribution in [2.24, 2.45) is 0 Å². The molecule has 82 valence electrons. The number of aliphatic hydroxyl groups excluding tert-OH is 1. The van der Waals surface area contributed by atoms with Gasteiger partial charge in [-0.15, -0.1) is 0 Å². The van der Waals surface area contributed by atoms with Crippen molar-refractivity contribution in [2.75, 3.05) is 13.1 Å². The van der Waals surface area contributed by atoms with Gasteiger partial charge in [-0.2, -0.15) is 0 Å². The molecule has 0 radical (unpaired) electrons. The first-order valence-electron chi connectivity index (χ1n) is 5.24. The zero-order valence-corrected chi connectivity index (χ0v) is 8.56. The largest absolute Gasteiger partial charge is 0.469 e. The Balaban J connectivity index is 1.78. The van der Waals surface area contributed by atoms with E-state index in [0.29, 0.717) is 32.4 Å². The highest BCUT2D eigenvalue weighted by molar-refractivity contribution is 5.76. The average Bonchev–Trinajstić information content (AvgIpc) is 2.84. The summed E-state index contributed by atoms with van der Waals surface area (Å²) in [4.78, 5) is 13.4. The van der Waals surface area contributed by atoms with Crippen LogP contribution in [0, 0.1) is 0 Å². The standard InChI is InChI=1S/C11H15NO3/c13-9-5-6-12(8-9)11(14)4-3-10-2-1-7-15-10/h1-2,7,9,13H,3-6,8H2/t9-/m1/s1. The molecule has 1 fully saturated rings. The molecule has 2 heterocycles. The summed E-state index contributed by atoms with van der Waals surface area (Å²) in [5, 5.41) is 9.29. The molecule has 4 heteroatoms. The van der Waals surface area contributed by atoms with Gasteiger partial charge in [0.15, 0.2) is 0 Å². The van der Waals surface area contributed by atoms with Gasteiger partial charge >= 0.3 is 0 Å². The highest BCUT2D eigenvalue weighted by Crippen LogP contribution is 2.12. The molecule has 1 aromatic rings. The Morgan fingerprint density at radius 3 is 3.13 bits per heavy atom. The quantitative estimate of drug-likeness (QED) is 0.801. The first-order valence-corrected chi connectivity index (χ1v) is 5.24. The molecule has 15 heavy (non-hydrogen) atoms. The van der Waals surface area contributed by atoms with E-state index in [9.17, 15) is 9.90 Å². The fourth-order valence-corrected chi connectivity index (χ4v) is 1.81. The van der Waals surface area contributed by atoms with Crippen molar-refractivity contribution < 1.29 is 14.3 Å². The molecule has 1 atom stereocenters. The summed E-state index contributed by atoms with van der Waals surface area (Å²) in [6.45, 7) is 1.16. The van der Waals surface area contributed by atoms with Gasteiger partial charge in [0.05, 0.1) is 12.4 Å². The Labute approximate surface area is 88.5 Å². The van der Waals surface area contributed by atoms with Gasteiger partial charge in [-0.25, -0.2) is 0 Å². The molecule has 0 aromatic carbocycles. The SMILES string of the molecule is O=C(CCc1ccco1)N1CC[C@@H](O)C1. The molecule has 2 rings (SSSR count). The van der Waals surface area contributed by atoms with Crippen molar-refractivity contribution in [3.8, 4) is 0 Å². The number of aliphatic hydroxyl groups is 1. The zero-order valence-electron chi connectivity index (χ0n) is 8.56. The smallest absolute Gasteiger partial charge is 0.223 e. The minimum absolute atomic E-state index is 0.1000. The van der Waals surface area contributed by atoms with E-state index in [1.54, 1.807) is 11.2 Å². The van der Waals surface area contributed by atoms with Crippen molar-refractivity contribution >= 4 is 5.91 Å². The molecular weight excluding hydrogens is 194 g/mol. The van der Waals surface area contributed by atoms with Crippen molar-refractivity contribution in [3.05, 3.63) is 24.2 Å². The van der Waals surface area contributed by atoms with Gasteiger partial charge in [0.1, 0.15) is 5.76 Å². The molecular formula is C11H15NO3. The lowest BCUT2D eigenvalue weighted by Crippen LogP contribution is -2.29. The fraction of sp³-hybridized carbons (Fsp3) is 0.545. The average molecular weight is 209 g/mol. The third-order valence-corrected chi connectivity index (χ3v) is 2.68. The van der Waals surface area contributed by atoms with E-state index in [1.807, 2.05) is 12.1 Å². The highest BCUT2D eigenvalue weighted by atomic mass is 16.3. The normalized spacial score (nSPS) is 20.9. The van der Waals surface area contributed by atoms with Crippen LogP contribution in [0.4, 0.5) is 0 Å². The summed E-state index contributed by atoms with van der Waals surface area (Å²) in [7, 11) is 0. The van der Waals surface area contributed by atoms with E-state index in [1.165, 1.54) is 0 Å². The number of aryl methyl sites for hydroxylation is 1. The maximum absolute atomic E-state index is 11.7. The molecule has 1 aliphatic rings. The van der Waals surface area contributed by atoms with Crippen molar-refractivity contribution in [1.82, 2.24) is 4.90 Å². The van der Waals surface area contributed by atoms with E-state index in [2.05, 4.69) is 0 Å². The molecule has 0 aliphatic carbocycles. The Morgan fingerprint density at radius 1 is 1.67 bits per heavy atom. The second kappa shape index (κ2) is 4.49. The van der Waals surface area contributed by atoms with Gasteiger partial charge in [-0.3, -0.25) is 4.79 Å². The third kappa shape index (κ3) is 2.59. The Kier molecular flexibility index (Phi) is 3.06. The van der Waals surface area contributed by atoms with E-state index in [-0.39, 0.29) is 12.0 Å². The number of carbonyl (C=O) groups excluding carboxylic acids is 1. The van der Waals surface area contributed by atoms with Crippen molar-refractivity contribution in [2.45, 2.75) is 25.4 Å². The van der Waals surface area contributed by atoms with Crippen LogP contribution in [0.2, 0.25) is 0 Å². The van der Waals surface area contributed by atoms with Crippen LogP contribution in [0.25, 0.3) is 0 Å². The summed E-state index contributed by atoms with van der Waals surface area (Å²) >= 11 is 0. The number of rotatable bonds is 3. The first-order chi connectivity index (χ1) is 7.25. The molecule has 0 spiro atoms. The van der Waals surface area contributed by atoms with Gasteiger partial charge in [0.25, 0.3) is 0 Å². The Hall–Kier alpha value is -1.29. The van der Waals surface area contributed by atoms with Crippen LogP contribution >= 0.6 is 0 Å². The minimum Gasteiger partial charge on any atom is -0.469 e. The van der Waals surface area contributed by atoms with E-state index >= 15 is 0 Å². The monoisotopic (exact) mass is 209 g/mol. The number of hydrogen-bond acceptors (Lipinski definition) is 3.